The Hall–Kier alpha value is -0.890. The van der Waals surface area contributed by atoms with E-state index < -0.39 is 0 Å². The summed E-state index contributed by atoms with van der Waals surface area (Å²) < 4.78 is 5.47. The first-order valence-electron chi connectivity index (χ1n) is 10.4. The number of aliphatic imine (C=N–C) groups is 1. The molecule has 2 atom stereocenters. The largest absolute Gasteiger partial charge is 0.379 e. The first-order chi connectivity index (χ1) is 12.7. The van der Waals surface area contributed by atoms with Gasteiger partial charge in [-0.25, -0.2) is 0 Å². The normalized spacial score (nSPS) is 30.1. The third-order valence-electron chi connectivity index (χ3n) is 5.97. The Kier molecular flexibility index (Phi) is 7.54. The van der Waals surface area contributed by atoms with Crippen molar-refractivity contribution in [2.45, 2.75) is 19.4 Å². The first kappa shape index (κ1) is 19.9. The quantitative estimate of drug-likeness (QED) is 0.540. The van der Waals surface area contributed by atoms with Gasteiger partial charge < -0.3 is 19.9 Å². The lowest BCUT2D eigenvalue weighted by Crippen LogP contribution is -2.51. The molecule has 3 heterocycles. The molecule has 150 valence electrons. The molecule has 3 rings (SSSR count). The zero-order valence-corrected chi connectivity index (χ0v) is 17.0. The van der Waals surface area contributed by atoms with Gasteiger partial charge in [-0.2, -0.15) is 0 Å². The SMILES string of the molecule is CCNC(=NCC1CN(C)CCN1C)N1CCC(CN2CCOCC2)C1. The van der Waals surface area contributed by atoms with Crippen molar-refractivity contribution in [2.24, 2.45) is 10.9 Å². The molecule has 0 amide bonds. The lowest BCUT2D eigenvalue weighted by Gasteiger charge is -2.37. The van der Waals surface area contributed by atoms with Crippen molar-refractivity contribution in [1.29, 1.82) is 0 Å². The molecule has 0 saturated carbocycles. The van der Waals surface area contributed by atoms with Gasteiger partial charge in [0, 0.05) is 64.9 Å². The zero-order chi connectivity index (χ0) is 18.4. The molecule has 3 fully saturated rings. The van der Waals surface area contributed by atoms with E-state index in [1.54, 1.807) is 0 Å². The highest BCUT2D eigenvalue weighted by Gasteiger charge is 2.28. The molecule has 1 N–H and O–H groups in total. The smallest absolute Gasteiger partial charge is 0.193 e. The molecule has 0 bridgehead atoms. The van der Waals surface area contributed by atoms with Crippen molar-refractivity contribution < 1.29 is 4.74 Å². The van der Waals surface area contributed by atoms with Gasteiger partial charge in [-0.1, -0.05) is 0 Å². The fourth-order valence-electron chi connectivity index (χ4n) is 4.24. The summed E-state index contributed by atoms with van der Waals surface area (Å²) in [4.78, 5) is 14.9. The predicted molar refractivity (Wildman–Crippen MR) is 107 cm³/mol. The molecule has 7 nitrogen and oxygen atoms in total. The first-order valence-corrected chi connectivity index (χ1v) is 10.4. The number of rotatable bonds is 5. The predicted octanol–water partition coefficient (Wildman–Crippen LogP) is -0.148. The average Bonchev–Trinajstić information content (AvgIpc) is 3.10. The summed E-state index contributed by atoms with van der Waals surface area (Å²) >= 11 is 0. The number of piperazine rings is 1. The second-order valence-corrected chi connectivity index (χ2v) is 8.10. The number of nitrogens with one attached hydrogen (secondary N) is 1. The van der Waals surface area contributed by atoms with Crippen LogP contribution in [0.1, 0.15) is 13.3 Å². The van der Waals surface area contributed by atoms with Gasteiger partial charge >= 0.3 is 0 Å². The van der Waals surface area contributed by atoms with E-state index in [4.69, 9.17) is 9.73 Å². The number of hydrogen-bond donors (Lipinski definition) is 1. The van der Waals surface area contributed by atoms with Gasteiger partial charge in [-0.05, 0) is 33.4 Å². The molecule has 0 aromatic rings. The molecule has 2 unspecified atom stereocenters. The highest BCUT2D eigenvalue weighted by molar-refractivity contribution is 5.80. The van der Waals surface area contributed by atoms with Crippen LogP contribution in [0.5, 0.6) is 0 Å². The fraction of sp³-hybridized carbons (Fsp3) is 0.947. The maximum atomic E-state index is 5.47. The third kappa shape index (κ3) is 5.55. The van der Waals surface area contributed by atoms with E-state index in [9.17, 15) is 0 Å². The minimum Gasteiger partial charge on any atom is -0.379 e. The number of guanidine groups is 1. The lowest BCUT2D eigenvalue weighted by atomic mass is 10.1. The highest BCUT2D eigenvalue weighted by Crippen LogP contribution is 2.18. The van der Waals surface area contributed by atoms with Crippen molar-refractivity contribution in [3.05, 3.63) is 0 Å². The molecule has 0 spiro atoms. The third-order valence-corrected chi connectivity index (χ3v) is 5.97. The summed E-state index contributed by atoms with van der Waals surface area (Å²) in [6.45, 7) is 14.8. The lowest BCUT2D eigenvalue weighted by molar-refractivity contribution is 0.0315. The standard InChI is InChI=1S/C19H38N6O/c1-4-20-19(21-13-18-16-22(2)7-8-23(18)3)25-6-5-17(15-25)14-24-9-11-26-12-10-24/h17-18H,4-16H2,1-3H3,(H,20,21). The topological polar surface area (TPSA) is 46.6 Å². The number of likely N-dealkylation sites (tertiary alicyclic amines) is 1. The number of morpholine rings is 1. The molecule has 0 aromatic heterocycles. The summed E-state index contributed by atoms with van der Waals surface area (Å²) in [5.41, 5.74) is 0. The Bertz CT molecular complexity index is 453. The van der Waals surface area contributed by atoms with Gasteiger partial charge in [0.2, 0.25) is 0 Å². The number of hydrogen-bond acceptors (Lipinski definition) is 5. The molecule has 3 aliphatic rings. The van der Waals surface area contributed by atoms with Crippen LogP contribution in [0.4, 0.5) is 0 Å². The van der Waals surface area contributed by atoms with Crippen LogP contribution in [0.25, 0.3) is 0 Å². The van der Waals surface area contributed by atoms with Gasteiger partial charge in [0.05, 0.1) is 19.8 Å². The average molecular weight is 367 g/mol. The Morgan fingerprint density at radius 3 is 2.65 bits per heavy atom. The van der Waals surface area contributed by atoms with Crippen molar-refractivity contribution in [3.8, 4) is 0 Å². The van der Waals surface area contributed by atoms with Crippen LogP contribution < -0.4 is 5.32 Å². The number of ether oxygens (including phenoxy) is 1. The van der Waals surface area contributed by atoms with E-state index in [-0.39, 0.29) is 0 Å². The summed E-state index contributed by atoms with van der Waals surface area (Å²) in [6, 6.07) is 0.522. The monoisotopic (exact) mass is 366 g/mol. The summed E-state index contributed by atoms with van der Waals surface area (Å²) in [6.07, 6.45) is 1.27. The van der Waals surface area contributed by atoms with Gasteiger partial charge in [0.15, 0.2) is 5.96 Å². The van der Waals surface area contributed by atoms with Crippen molar-refractivity contribution >= 4 is 5.96 Å². The van der Waals surface area contributed by atoms with Gasteiger partial charge in [0.1, 0.15) is 0 Å². The Morgan fingerprint density at radius 2 is 1.88 bits per heavy atom. The summed E-state index contributed by atoms with van der Waals surface area (Å²) in [5.74, 6) is 1.86. The van der Waals surface area contributed by atoms with Gasteiger partial charge in [0.25, 0.3) is 0 Å². The van der Waals surface area contributed by atoms with Crippen molar-refractivity contribution in [2.75, 3.05) is 92.8 Å². The Balaban J connectivity index is 1.52. The molecule has 0 aliphatic carbocycles. The minimum atomic E-state index is 0.522. The van der Waals surface area contributed by atoms with E-state index >= 15 is 0 Å². The number of nitrogens with zero attached hydrogens (tertiary/aromatic N) is 5. The summed E-state index contributed by atoms with van der Waals surface area (Å²) in [5, 5.41) is 3.52. The van der Waals surface area contributed by atoms with Crippen LogP contribution >= 0.6 is 0 Å². The molecule has 0 radical (unpaired) electrons. The summed E-state index contributed by atoms with van der Waals surface area (Å²) in [7, 11) is 4.44. The second-order valence-electron chi connectivity index (χ2n) is 8.10. The van der Waals surface area contributed by atoms with Crippen LogP contribution in [0.2, 0.25) is 0 Å². The van der Waals surface area contributed by atoms with Crippen LogP contribution in [0.15, 0.2) is 4.99 Å². The zero-order valence-electron chi connectivity index (χ0n) is 17.0. The van der Waals surface area contributed by atoms with Crippen LogP contribution in [0, 0.1) is 5.92 Å². The van der Waals surface area contributed by atoms with Crippen molar-refractivity contribution in [1.82, 2.24) is 24.9 Å². The Morgan fingerprint density at radius 1 is 1.08 bits per heavy atom. The van der Waals surface area contributed by atoms with Gasteiger partial charge in [-0.15, -0.1) is 0 Å². The van der Waals surface area contributed by atoms with E-state index in [1.165, 1.54) is 13.0 Å². The molecular weight excluding hydrogens is 328 g/mol. The van der Waals surface area contributed by atoms with Crippen LogP contribution in [0.3, 0.4) is 0 Å². The Labute approximate surface area is 159 Å². The number of likely N-dealkylation sites (N-methyl/N-ethyl adjacent to an activating group) is 2. The van der Waals surface area contributed by atoms with Crippen molar-refractivity contribution in [3.63, 3.8) is 0 Å². The van der Waals surface area contributed by atoms with E-state index in [0.717, 1.165) is 84.0 Å². The van der Waals surface area contributed by atoms with E-state index in [1.807, 2.05) is 0 Å². The maximum Gasteiger partial charge on any atom is 0.193 e. The van der Waals surface area contributed by atoms with Crippen LogP contribution in [-0.4, -0.2) is 124 Å². The molecule has 26 heavy (non-hydrogen) atoms. The molecule has 3 saturated heterocycles. The highest BCUT2D eigenvalue weighted by atomic mass is 16.5. The maximum absolute atomic E-state index is 5.47. The molecule has 3 aliphatic heterocycles. The second kappa shape index (κ2) is 9.88. The van der Waals surface area contributed by atoms with Gasteiger partial charge in [-0.3, -0.25) is 14.8 Å². The van der Waals surface area contributed by atoms with Crippen LogP contribution in [-0.2, 0) is 4.74 Å². The molecule has 7 heteroatoms. The fourth-order valence-corrected chi connectivity index (χ4v) is 4.24. The molecule has 0 aromatic carbocycles. The van der Waals surface area contributed by atoms with E-state index in [2.05, 4.69) is 45.9 Å². The van der Waals surface area contributed by atoms with E-state index in [0.29, 0.717) is 6.04 Å². The molecular formula is C19H38N6O. The minimum absolute atomic E-state index is 0.522.